The molecule has 0 fully saturated rings. The molecule has 0 heterocycles. The molecule has 4 aliphatic carbocycles. The summed E-state index contributed by atoms with van der Waals surface area (Å²) in [4.78, 5) is 0. The van der Waals surface area contributed by atoms with Gasteiger partial charge in [-0.05, 0) is 0 Å². The van der Waals surface area contributed by atoms with Gasteiger partial charge in [0.2, 0.25) is 0 Å². The van der Waals surface area contributed by atoms with Gasteiger partial charge in [0.15, 0.2) is 0 Å². The molecule has 0 saturated carbocycles. The fourth-order valence-electron chi connectivity index (χ4n) is 4.65. The zero-order chi connectivity index (χ0) is 32.1. The molecular weight excluding hydrogens is 884 g/mol. The van der Waals surface area contributed by atoms with Crippen molar-refractivity contribution in [1.29, 1.82) is 0 Å². The Hall–Kier alpha value is -0.0197. The summed E-state index contributed by atoms with van der Waals surface area (Å²) in [7, 11) is 0. The summed E-state index contributed by atoms with van der Waals surface area (Å²) in [6.45, 7) is 34.7. The first kappa shape index (κ1) is 48.9. The van der Waals surface area contributed by atoms with E-state index in [1.165, 1.54) is 66.9 Å². The minimum absolute atomic E-state index is 0. The van der Waals surface area contributed by atoms with Crippen molar-refractivity contribution in [3.05, 3.63) is 91.2 Å². The summed E-state index contributed by atoms with van der Waals surface area (Å²) in [6, 6.07) is 0. The van der Waals surface area contributed by atoms with Crippen molar-refractivity contribution in [2.24, 2.45) is 23.7 Å². The third-order valence-corrected chi connectivity index (χ3v) is 8.95. The normalized spacial score (nSPS) is 23.5. The van der Waals surface area contributed by atoms with Gasteiger partial charge < -0.3 is 0 Å². The van der Waals surface area contributed by atoms with Crippen molar-refractivity contribution in [3.8, 4) is 0 Å². The molecule has 0 N–H and O–H groups in total. The van der Waals surface area contributed by atoms with Crippen LogP contribution in [-0.4, -0.2) is 8.52 Å². The van der Waals surface area contributed by atoms with Gasteiger partial charge in [0.05, 0.1) is 0 Å². The Morgan fingerprint density at radius 1 is 0.357 bits per heavy atom. The Balaban J connectivity index is -0.000000217. The second-order valence-corrected chi connectivity index (χ2v) is 11.2. The molecule has 0 radical (unpaired) electrons. The van der Waals surface area contributed by atoms with E-state index in [0.29, 0.717) is 23.7 Å². The van der Waals surface area contributed by atoms with E-state index in [0.717, 1.165) is 47.8 Å². The van der Waals surface area contributed by atoms with Gasteiger partial charge in [0.1, 0.15) is 0 Å². The first-order chi connectivity index (χ1) is 18.5. The summed E-state index contributed by atoms with van der Waals surface area (Å²) in [6.07, 6.45) is 13.4. The minimum atomic E-state index is 0. The van der Waals surface area contributed by atoms with E-state index in [2.05, 4.69) is 144 Å². The quantitative estimate of drug-likeness (QED) is 0.168. The van der Waals surface area contributed by atoms with Crippen molar-refractivity contribution in [2.45, 2.75) is 111 Å². The van der Waals surface area contributed by atoms with Crippen molar-refractivity contribution in [2.75, 3.05) is 0 Å². The standard InChI is InChI=1S/4C9H13.2CH2.2ClH.2Hf/c4*1-6-5-7(2)9(4)8(6)3;;;;;;/h4*6H,1-4H3;2*1H2;2*1H;;/q4*-1;;;;;2*+2. The topological polar surface area (TPSA) is 0 Å². The van der Waals surface area contributed by atoms with Crippen molar-refractivity contribution in [3.63, 3.8) is 0 Å². The zero-order valence-electron chi connectivity index (χ0n) is 29.5. The van der Waals surface area contributed by atoms with Gasteiger partial charge in [0, 0.05) is 0 Å². The van der Waals surface area contributed by atoms with E-state index < -0.39 is 0 Å². The van der Waals surface area contributed by atoms with E-state index in [9.17, 15) is 0 Å². The van der Waals surface area contributed by atoms with E-state index in [1.807, 2.05) is 0 Å². The molecule has 4 atom stereocenters. The molecule has 0 aromatic rings. The molecule has 0 aliphatic heterocycles. The van der Waals surface area contributed by atoms with E-state index >= 15 is 0 Å². The third kappa shape index (κ3) is 14.8. The molecular formula is C38H58Cl2Hf2. The Morgan fingerprint density at radius 2 is 0.476 bits per heavy atom. The van der Waals surface area contributed by atoms with Crippen molar-refractivity contribution >= 4 is 33.3 Å². The number of hydrogen-bond donors (Lipinski definition) is 0. The Bertz CT molecular complexity index is 958. The van der Waals surface area contributed by atoms with Crippen LogP contribution in [0.3, 0.4) is 0 Å². The monoisotopic (exact) mass is 944 g/mol. The van der Waals surface area contributed by atoms with Gasteiger partial charge >= 0.3 is 56.3 Å². The Morgan fingerprint density at radius 3 is 0.500 bits per heavy atom. The summed E-state index contributed by atoms with van der Waals surface area (Å²) in [5, 5.41) is 0. The molecule has 4 heteroatoms. The van der Waals surface area contributed by atoms with Crippen LogP contribution < -0.4 is 0 Å². The van der Waals surface area contributed by atoms with E-state index in [-0.39, 0.29) is 24.8 Å². The SMILES string of the molecule is CC1=[C-]C(C)C(C)=C1C.CC1=[C-]C(C)C(C)=C1C.CC1=[C-]C(C)C(C)=C1C.CC1=[C-]C(C)C(C)=C1C.Cl.Cl.[CH2]=[Hf+2].[CH2]=[Hf+2]. The average Bonchev–Trinajstić information content (AvgIpc) is 3.48. The maximum absolute atomic E-state index is 3.39. The van der Waals surface area contributed by atoms with Gasteiger partial charge in [-0.3, -0.25) is 24.3 Å². The first-order valence-electron chi connectivity index (χ1n) is 14.3. The van der Waals surface area contributed by atoms with Crippen molar-refractivity contribution < 1.29 is 47.8 Å². The van der Waals surface area contributed by atoms with Gasteiger partial charge in [-0.1, -0.05) is 107 Å². The number of rotatable bonds is 0. The summed E-state index contributed by atoms with van der Waals surface area (Å²) in [5.74, 6) is 2.24. The second-order valence-electron chi connectivity index (χ2n) is 11.2. The molecule has 42 heavy (non-hydrogen) atoms. The molecule has 0 bridgehead atoms. The van der Waals surface area contributed by atoms with Crippen LogP contribution in [0.25, 0.3) is 0 Å². The van der Waals surface area contributed by atoms with E-state index in [4.69, 9.17) is 0 Å². The second kappa shape index (κ2) is 24.2. The number of halogens is 2. The molecule has 0 saturated heterocycles. The van der Waals surface area contributed by atoms with Crippen LogP contribution >= 0.6 is 24.8 Å². The van der Waals surface area contributed by atoms with Crippen LogP contribution in [0.4, 0.5) is 0 Å². The molecule has 0 spiro atoms. The Kier molecular flexibility index (Phi) is 28.2. The summed E-state index contributed by atoms with van der Waals surface area (Å²) < 4.78 is 6.78. The predicted octanol–water partition coefficient (Wildman–Crippen LogP) is 11.7. The average molecular weight is 943 g/mol. The van der Waals surface area contributed by atoms with Crippen LogP contribution in [0.2, 0.25) is 0 Å². The first-order valence-corrected chi connectivity index (χ1v) is 19.4. The van der Waals surface area contributed by atoms with Crippen molar-refractivity contribution in [1.82, 2.24) is 0 Å². The van der Waals surface area contributed by atoms with Gasteiger partial charge in [-0.2, -0.15) is 44.6 Å². The molecule has 0 amide bonds. The Labute approximate surface area is 304 Å². The van der Waals surface area contributed by atoms with Gasteiger partial charge in [-0.25, -0.2) is 22.3 Å². The van der Waals surface area contributed by atoms with Crippen LogP contribution in [0.15, 0.2) is 66.9 Å². The van der Waals surface area contributed by atoms with Crippen LogP contribution in [0.1, 0.15) is 111 Å². The van der Waals surface area contributed by atoms with Crippen LogP contribution in [0, 0.1) is 48.0 Å². The van der Waals surface area contributed by atoms with E-state index in [1.54, 1.807) is 0 Å². The molecule has 4 unspecified atom stereocenters. The molecule has 4 aliphatic rings. The van der Waals surface area contributed by atoms with Crippen LogP contribution in [0.5, 0.6) is 0 Å². The summed E-state index contributed by atoms with van der Waals surface area (Å²) >= 11 is 2.11. The molecule has 0 aromatic carbocycles. The van der Waals surface area contributed by atoms with Crippen LogP contribution in [-0.2, 0) is 47.8 Å². The molecule has 4 rings (SSSR count). The third-order valence-electron chi connectivity index (χ3n) is 8.95. The number of allylic oxidation sites excluding steroid dienone is 16. The fraction of sp³-hybridized carbons (Fsp3) is 0.526. The maximum atomic E-state index is 3.39. The summed E-state index contributed by atoms with van der Waals surface area (Å²) in [5.41, 5.74) is 17.0. The fourth-order valence-corrected chi connectivity index (χ4v) is 4.65. The molecule has 0 nitrogen and oxygen atoms in total. The zero-order valence-corrected chi connectivity index (χ0v) is 38.4. The van der Waals surface area contributed by atoms with Gasteiger partial charge in [-0.15, -0.1) is 52.5 Å². The van der Waals surface area contributed by atoms with Gasteiger partial charge in [0.25, 0.3) is 0 Å². The molecule has 0 aromatic heterocycles. The number of hydrogen-bond acceptors (Lipinski definition) is 0. The molecule has 232 valence electrons. The predicted molar refractivity (Wildman–Crippen MR) is 189 cm³/mol.